The second kappa shape index (κ2) is 5.55. The molecule has 25 heavy (non-hydrogen) atoms. The van der Waals surface area contributed by atoms with Crippen molar-refractivity contribution >= 4 is 27.5 Å². The Bertz CT molecular complexity index is 1020. The number of nitrogens with zero attached hydrogens (tertiary/aromatic N) is 4. The summed E-state index contributed by atoms with van der Waals surface area (Å²) in [5, 5.41) is 4.83. The average molecular weight is 361 g/mol. The number of para-hydroxylation sites is 1. The van der Waals surface area contributed by atoms with Gasteiger partial charge in [0.1, 0.15) is 0 Å². The van der Waals surface area contributed by atoms with Gasteiger partial charge in [-0.2, -0.15) is 22.8 Å². The quantitative estimate of drug-likeness (QED) is 0.582. The number of hydrogen-bond donors (Lipinski definition) is 1. The zero-order valence-corrected chi connectivity index (χ0v) is 13.3. The summed E-state index contributed by atoms with van der Waals surface area (Å²) in [6, 6.07) is 12.2. The molecule has 2 aromatic carbocycles. The molecule has 4 aromatic rings. The summed E-state index contributed by atoms with van der Waals surface area (Å²) in [6.07, 6.45) is -4.38. The number of hydrogen-bond acceptors (Lipinski definition) is 5. The highest BCUT2D eigenvalue weighted by atomic mass is 32.1. The number of nitrogen functional groups attached to an aromatic ring is 1. The van der Waals surface area contributed by atoms with Gasteiger partial charge >= 0.3 is 6.18 Å². The van der Waals surface area contributed by atoms with E-state index in [1.165, 1.54) is 28.2 Å². The van der Waals surface area contributed by atoms with E-state index >= 15 is 0 Å². The number of thiazole rings is 1. The highest BCUT2D eigenvalue weighted by Crippen LogP contribution is 2.31. The standard InChI is InChI=1S/C16H10F3N5S/c17-16(18,19)10-7-5-9(6-8-10)13-22-14(20)24(23-13)15-21-11-3-1-2-4-12(11)25-15/h1-8H,(H2,20,22,23). The van der Waals surface area contributed by atoms with E-state index in [4.69, 9.17) is 5.73 Å². The number of alkyl halides is 3. The van der Waals surface area contributed by atoms with Crippen molar-refractivity contribution in [3.8, 4) is 16.5 Å². The minimum absolute atomic E-state index is 0.119. The van der Waals surface area contributed by atoms with Gasteiger partial charge < -0.3 is 5.73 Å². The first-order valence-electron chi connectivity index (χ1n) is 7.18. The van der Waals surface area contributed by atoms with Crippen molar-refractivity contribution in [3.05, 3.63) is 54.1 Å². The van der Waals surface area contributed by atoms with Gasteiger partial charge in [-0.15, -0.1) is 5.10 Å². The summed E-state index contributed by atoms with van der Waals surface area (Å²) in [7, 11) is 0. The minimum atomic E-state index is -4.38. The molecule has 9 heteroatoms. The van der Waals surface area contributed by atoms with Crippen LogP contribution in [0.3, 0.4) is 0 Å². The van der Waals surface area contributed by atoms with Gasteiger partial charge in [-0.05, 0) is 24.3 Å². The Hall–Kier alpha value is -2.94. The maximum atomic E-state index is 12.7. The normalized spacial score (nSPS) is 12.0. The molecule has 0 amide bonds. The maximum Gasteiger partial charge on any atom is 0.416 e. The number of anilines is 1. The molecular weight excluding hydrogens is 351 g/mol. The average Bonchev–Trinajstić information content (AvgIpc) is 3.17. The molecule has 2 N–H and O–H groups in total. The van der Waals surface area contributed by atoms with Crippen molar-refractivity contribution in [2.45, 2.75) is 6.18 Å². The lowest BCUT2D eigenvalue weighted by molar-refractivity contribution is -0.137. The van der Waals surface area contributed by atoms with Crippen LogP contribution in [0.15, 0.2) is 48.5 Å². The third-order valence-electron chi connectivity index (χ3n) is 3.57. The maximum absolute atomic E-state index is 12.7. The van der Waals surface area contributed by atoms with Gasteiger partial charge in [0, 0.05) is 5.56 Å². The number of halogens is 3. The van der Waals surface area contributed by atoms with Crippen LogP contribution in [0.5, 0.6) is 0 Å². The summed E-state index contributed by atoms with van der Waals surface area (Å²) in [6.45, 7) is 0. The predicted octanol–water partition coefficient (Wildman–Crippen LogP) is 4.15. The van der Waals surface area contributed by atoms with Crippen molar-refractivity contribution in [1.29, 1.82) is 0 Å². The Morgan fingerprint density at radius 3 is 2.36 bits per heavy atom. The molecule has 0 unspecified atom stereocenters. The van der Waals surface area contributed by atoms with Crippen LogP contribution in [0.4, 0.5) is 19.1 Å². The van der Waals surface area contributed by atoms with E-state index in [2.05, 4.69) is 15.1 Å². The highest BCUT2D eigenvalue weighted by molar-refractivity contribution is 7.20. The minimum Gasteiger partial charge on any atom is -0.368 e. The van der Waals surface area contributed by atoms with E-state index in [0.717, 1.165) is 22.3 Å². The van der Waals surface area contributed by atoms with Crippen molar-refractivity contribution < 1.29 is 13.2 Å². The Balaban J connectivity index is 1.72. The molecular formula is C16H10F3N5S. The van der Waals surface area contributed by atoms with E-state index in [0.29, 0.717) is 10.7 Å². The lowest BCUT2D eigenvalue weighted by Crippen LogP contribution is -2.04. The van der Waals surface area contributed by atoms with Crippen LogP contribution < -0.4 is 5.73 Å². The number of nitrogens with two attached hydrogens (primary N) is 1. The van der Waals surface area contributed by atoms with E-state index < -0.39 is 11.7 Å². The third kappa shape index (κ3) is 2.82. The van der Waals surface area contributed by atoms with Gasteiger partial charge in [0.15, 0.2) is 5.82 Å². The molecule has 0 aliphatic rings. The second-order valence-corrected chi connectivity index (χ2v) is 6.25. The summed E-state index contributed by atoms with van der Waals surface area (Å²) < 4.78 is 40.3. The van der Waals surface area contributed by atoms with Gasteiger partial charge in [0.05, 0.1) is 15.8 Å². The van der Waals surface area contributed by atoms with Crippen LogP contribution in [-0.4, -0.2) is 19.7 Å². The SMILES string of the molecule is Nc1nc(-c2ccc(C(F)(F)F)cc2)nn1-c1nc2ccccc2s1. The van der Waals surface area contributed by atoms with Crippen LogP contribution in [0, 0.1) is 0 Å². The summed E-state index contributed by atoms with van der Waals surface area (Å²) >= 11 is 1.40. The Labute approximate surface area is 143 Å². The monoisotopic (exact) mass is 361 g/mol. The van der Waals surface area contributed by atoms with Gasteiger partial charge in [-0.1, -0.05) is 35.6 Å². The smallest absolute Gasteiger partial charge is 0.368 e. The number of rotatable bonds is 2. The fourth-order valence-corrected chi connectivity index (χ4v) is 3.27. The molecule has 5 nitrogen and oxygen atoms in total. The lowest BCUT2D eigenvalue weighted by atomic mass is 10.1. The zero-order chi connectivity index (χ0) is 17.6. The molecule has 0 saturated heterocycles. The molecule has 0 aliphatic carbocycles. The van der Waals surface area contributed by atoms with Gasteiger partial charge in [0.2, 0.25) is 11.1 Å². The summed E-state index contributed by atoms with van der Waals surface area (Å²) in [5.41, 5.74) is 6.44. The molecule has 0 aliphatic heterocycles. The lowest BCUT2D eigenvalue weighted by Gasteiger charge is -2.06. The molecule has 0 saturated carbocycles. The number of benzene rings is 2. The zero-order valence-electron chi connectivity index (χ0n) is 12.5. The Morgan fingerprint density at radius 2 is 1.68 bits per heavy atom. The number of aromatic nitrogens is 4. The molecule has 0 fully saturated rings. The van der Waals surface area contributed by atoms with Crippen LogP contribution in [0.1, 0.15) is 5.56 Å². The van der Waals surface area contributed by atoms with E-state index in [1.807, 2.05) is 24.3 Å². The van der Waals surface area contributed by atoms with Crippen molar-refractivity contribution in [2.24, 2.45) is 0 Å². The Morgan fingerprint density at radius 1 is 0.960 bits per heavy atom. The number of fused-ring (bicyclic) bond motifs is 1. The third-order valence-corrected chi connectivity index (χ3v) is 4.58. The largest absolute Gasteiger partial charge is 0.416 e. The molecule has 0 spiro atoms. The van der Waals surface area contributed by atoms with Gasteiger partial charge in [0.25, 0.3) is 0 Å². The molecule has 4 rings (SSSR count). The van der Waals surface area contributed by atoms with Crippen LogP contribution in [0.25, 0.3) is 26.7 Å². The predicted molar refractivity (Wildman–Crippen MR) is 89.4 cm³/mol. The van der Waals surface area contributed by atoms with Crippen molar-refractivity contribution in [2.75, 3.05) is 5.73 Å². The van der Waals surface area contributed by atoms with Crippen molar-refractivity contribution in [1.82, 2.24) is 19.7 Å². The van der Waals surface area contributed by atoms with Crippen LogP contribution >= 0.6 is 11.3 Å². The topological polar surface area (TPSA) is 69.6 Å². The first-order valence-corrected chi connectivity index (χ1v) is 7.99. The molecule has 126 valence electrons. The fraction of sp³-hybridized carbons (Fsp3) is 0.0625. The molecule has 0 radical (unpaired) electrons. The Kier molecular flexibility index (Phi) is 3.46. The van der Waals surface area contributed by atoms with Crippen LogP contribution in [0.2, 0.25) is 0 Å². The van der Waals surface area contributed by atoms with E-state index in [1.54, 1.807) is 0 Å². The second-order valence-electron chi connectivity index (χ2n) is 5.24. The fourth-order valence-electron chi connectivity index (χ4n) is 2.35. The van der Waals surface area contributed by atoms with E-state index in [9.17, 15) is 13.2 Å². The summed E-state index contributed by atoms with van der Waals surface area (Å²) in [5.74, 6) is 0.361. The van der Waals surface area contributed by atoms with Gasteiger partial charge in [-0.25, -0.2) is 4.98 Å². The summed E-state index contributed by atoms with van der Waals surface area (Å²) in [4.78, 5) is 8.58. The molecule has 2 aromatic heterocycles. The van der Waals surface area contributed by atoms with E-state index in [-0.39, 0.29) is 11.8 Å². The van der Waals surface area contributed by atoms with Crippen LogP contribution in [-0.2, 0) is 6.18 Å². The van der Waals surface area contributed by atoms with Gasteiger partial charge in [-0.3, -0.25) is 0 Å². The molecule has 0 atom stereocenters. The first kappa shape index (κ1) is 15.6. The highest BCUT2D eigenvalue weighted by Gasteiger charge is 2.30. The first-order chi connectivity index (χ1) is 11.9. The molecule has 0 bridgehead atoms. The van der Waals surface area contributed by atoms with Crippen molar-refractivity contribution in [3.63, 3.8) is 0 Å². The molecule has 2 heterocycles.